The van der Waals surface area contributed by atoms with Crippen LogP contribution in [0.4, 0.5) is 14.9 Å². The first-order valence-electron chi connectivity index (χ1n) is 12.0. The van der Waals surface area contributed by atoms with Crippen LogP contribution in [-0.4, -0.2) is 67.1 Å². The van der Waals surface area contributed by atoms with E-state index in [-0.39, 0.29) is 6.03 Å². The van der Waals surface area contributed by atoms with Gasteiger partial charge in [0.15, 0.2) is 0 Å². The number of hydroxylamine groups is 1. The number of aryl methyl sites for hydroxylation is 1. The second-order valence-corrected chi connectivity index (χ2v) is 8.93. The van der Waals surface area contributed by atoms with Gasteiger partial charge in [-0.15, -0.1) is 0 Å². The molecule has 0 atom stereocenters. The lowest BCUT2D eigenvalue weighted by Gasteiger charge is -2.34. The molecule has 9 heteroatoms. The van der Waals surface area contributed by atoms with Crippen molar-refractivity contribution in [3.63, 3.8) is 0 Å². The van der Waals surface area contributed by atoms with Crippen LogP contribution in [0.15, 0.2) is 48.5 Å². The van der Waals surface area contributed by atoms with Gasteiger partial charge in [0.1, 0.15) is 5.67 Å². The summed E-state index contributed by atoms with van der Waals surface area (Å²) in [6.07, 6.45) is 0.797. The topological polar surface area (TPSA) is 94.1 Å². The lowest BCUT2D eigenvalue weighted by molar-refractivity contribution is -0.0261. The summed E-state index contributed by atoms with van der Waals surface area (Å²) in [4.78, 5) is 28.5. The van der Waals surface area contributed by atoms with Crippen LogP contribution in [0.25, 0.3) is 0 Å². The molecule has 190 valence electrons. The summed E-state index contributed by atoms with van der Waals surface area (Å²) in [6, 6.07) is 14.1. The molecule has 0 aromatic heterocycles. The van der Waals surface area contributed by atoms with Crippen LogP contribution in [-0.2, 0) is 11.3 Å². The summed E-state index contributed by atoms with van der Waals surface area (Å²) < 4.78 is 20.4. The lowest BCUT2D eigenvalue weighted by atomic mass is 9.96. The van der Waals surface area contributed by atoms with E-state index in [1.807, 2.05) is 43.0 Å². The number of nitrogens with zero attached hydrogens (tertiary/aromatic N) is 2. The first-order chi connectivity index (χ1) is 16.8. The summed E-state index contributed by atoms with van der Waals surface area (Å²) in [5.41, 5.74) is 3.28. The summed E-state index contributed by atoms with van der Waals surface area (Å²) in [5.74, 6) is -0.596. The van der Waals surface area contributed by atoms with Gasteiger partial charge in [-0.25, -0.2) is 14.7 Å². The van der Waals surface area contributed by atoms with E-state index in [0.717, 1.165) is 16.8 Å². The van der Waals surface area contributed by atoms with E-state index in [0.29, 0.717) is 64.3 Å². The van der Waals surface area contributed by atoms with Crippen molar-refractivity contribution in [1.29, 1.82) is 0 Å². The smallest absolute Gasteiger partial charge is 0.322 e. The van der Waals surface area contributed by atoms with E-state index in [2.05, 4.69) is 5.32 Å². The number of benzene rings is 2. The fourth-order valence-electron chi connectivity index (χ4n) is 4.15. The van der Waals surface area contributed by atoms with Gasteiger partial charge in [0.05, 0.1) is 6.54 Å². The van der Waals surface area contributed by atoms with Gasteiger partial charge in [-0.2, -0.15) is 0 Å². The molecule has 35 heavy (non-hydrogen) atoms. The second-order valence-electron chi connectivity index (χ2n) is 8.93. The number of alkyl halides is 1. The van der Waals surface area contributed by atoms with E-state index >= 15 is 4.39 Å². The van der Waals surface area contributed by atoms with Gasteiger partial charge in [-0.1, -0.05) is 31.2 Å². The molecule has 0 bridgehead atoms. The Labute approximate surface area is 206 Å². The van der Waals surface area contributed by atoms with Crippen molar-refractivity contribution in [2.45, 2.75) is 38.9 Å². The van der Waals surface area contributed by atoms with Gasteiger partial charge in [-0.3, -0.25) is 19.8 Å². The minimum Gasteiger partial charge on any atom is -0.381 e. The number of hydrogen-bond acceptors (Lipinski definition) is 5. The maximum absolute atomic E-state index is 15.1. The van der Waals surface area contributed by atoms with Gasteiger partial charge >= 0.3 is 6.03 Å². The highest BCUT2D eigenvalue weighted by Crippen LogP contribution is 2.26. The molecule has 0 unspecified atom stereocenters. The minimum absolute atomic E-state index is 0.259. The van der Waals surface area contributed by atoms with Crippen molar-refractivity contribution in [3.05, 3.63) is 65.2 Å². The summed E-state index contributed by atoms with van der Waals surface area (Å²) in [7, 11) is 0. The number of rotatable bonds is 10. The number of halogens is 1. The third kappa shape index (κ3) is 7.74. The van der Waals surface area contributed by atoms with Crippen LogP contribution in [0.1, 0.15) is 41.3 Å². The Hall–Kier alpha value is -3.01. The van der Waals surface area contributed by atoms with Crippen molar-refractivity contribution in [3.8, 4) is 0 Å². The summed E-state index contributed by atoms with van der Waals surface area (Å²) in [5, 5.41) is 11.8. The van der Waals surface area contributed by atoms with Crippen LogP contribution in [0.3, 0.4) is 0 Å². The Balaban J connectivity index is 1.64. The third-order valence-electron chi connectivity index (χ3n) is 6.26. The minimum atomic E-state index is -1.25. The van der Waals surface area contributed by atoms with Crippen molar-refractivity contribution >= 4 is 17.6 Å². The molecule has 1 fully saturated rings. The van der Waals surface area contributed by atoms with Crippen molar-refractivity contribution < 1.29 is 23.9 Å². The molecule has 3 N–H and O–H groups in total. The van der Waals surface area contributed by atoms with Crippen LogP contribution < -0.4 is 15.7 Å². The Bertz CT molecular complexity index is 980. The number of hydrogen-bond donors (Lipinski definition) is 3. The van der Waals surface area contributed by atoms with Gasteiger partial charge < -0.3 is 10.1 Å². The average Bonchev–Trinajstić information content (AvgIpc) is 2.86. The van der Waals surface area contributed by atoms with Crippen molar-refractivity contribution in [2.75, 3.05) is 44.3 Å². The maximum atomic E-state index is 15.1. The van der Waals surface area contributed by atoms with Gasteiger partial charge in [0, 0.05) is 56.9 Å². The molecular formula is C26H35FN4O4. The molecule has 3 rings (SSSR count). The summed E-state index contributed by atoms with van der Waals surface area (Å²) in [6.45, 7) is 7.09. The van der Waals surface area contributed by atoms with E-state index in [1.165, 1.54) is 0 Å². The molecule has 0 spiro atoms. The monoisotopic (exact) mass is 486 g/mol. The van der Waals surface area contributed by atoms with Crippen LogP contribution in [0.2, 0.25) is 0 Å². The molecule has 0 saturated carbocycles. The molecule has 8 nitrogen and oxygen atoms in total. The highest BCUT2D eigenvalue weighted by Gasteiger charge is 2.33. The molecule has 1 heterocycles. The zero-order chi connectivity index (χ0) is 25.3. The SMILES string of the molecule is CCN(CCNC(=O)N(Cc1ccc(C(=O)NO)cc1)c1cccc(C)c1)CC1(F)CCOCC1. The molecule has 1 saturated heterocycles. The quantitative estimate of drug-likeness (QED) is 0.352. The lowest BCUT2D eigenvalue weighted by Crippen LogP contribution is -2.47. The fraction of sp³-hybridized carbons (Fsp3) is 0.462. The zero-order valence-corrected chi connectivity index (χ0v) is 20.4. The number of anilines is 1. The Morgan fingerprint density at radius 2 is 1.86 bits per heavy atom. The normalized spacial score (nSPS) is 15.0. The van der Waals surface area contributed by atoms with Gasteiger partial charge in [0.2, 0.25) is 0 Å². The third-order valence-corrected chi connectivity index (χ3v) is 6.26. The maximum Gasteiger partial charge on any atom is 0.322 e. The Kier molecular flexibility index (Phi) is 9.59. The number of amides is 3. The molecule has 3 amide bonds. The van der Waals surface area contributed by atoms with Crippen molar-refractivity contribution in [1.82, 2.24) is 15.7 Å². The Morgan fingerprint density at radius 1 is 1.14 bits per heavy atom. The fourth-order valence-corrected chi connectivity index (χ4v) is 4.15. The molecule has 0 aliphatic carbocycles. The first-order valence-corrected chi connectivity index (χ1v) is 12.0. The second kappa shape index (κ2) is 12.6. The molecule has 2 aromatic rings. The number of ether oxygens (including phenoxy) is 1. The zero-order valence-electron chi connectivity index (χ0n) is 20.4. The summed E-state index contributed by atoms with van der Waals surface area (Å²) >= 11 is 0. The van der Waals surface area contributed by atoms with Gasteiger partial charge in [-0.05, 0) is 48.9 Å². The predicted octanol–water partition coefficient (Wildman–Crippen LogP) is 3.67. The van der Waals surface area contributed by atoms with E-state index in [4.69, 9.17) is 9.94 Å². The van der Waals surface area contributed by atoms with Crippen LogP contribution in [0.5, 0.6) is 0 Å². The molecule has 2 aromatic carbocycles. The van der Waals surface area contributed by atoms with E-state index in [9.17, 15) is 9.59 Å². The molecule has 1 aliphatic rings. The number of likely N-dealkylation sites (N-methyl/N-ethyl adjacent to an activating group) is 1. The van der Waals surface area contributed by atoms with Crippen LogP contribution >= 0.6 is 0 Å². The molecule has 1 aliphatic heterocycles. The molecule has 0 radical (unpaired) electrons. The largest absolute Gasteiger partial charge is 0.381 e. The highest BCUT2D eigenvalue weighted by atomic mass is 19.1. The van der Waals surface area contributed by atoms with E-state index < -0.39 is 11.6 Å². The first kappa shape index (κ1) is 26.6. The average molecular weight is 487 g/mol. The van der Waals surface area contributed by atoms with Crippen LogP contribution in [0, 0.1) is 6.92 Å². The number of urea groups is 1. The Morgan fingerprint density at radius 3 is 2.49 bits per heavy atom. The molecular weight excluding hydrogens is 451 g/mol. The van der Waals surface area contributed by atoms with Gasteiger partial charge in [0.25, 0.3) is 5.91 Å². The number of carbonyl (C=O) groups is 2. The van der Waals surface area contributed by atoms with E-state index in [1.54, 1.807) is 34.6 Å². The number of nitrogens with one attached hydrogen (secondary N) is 2. The highest BCUT2D eigenvalue weighted by molar-refractivity contribution is 5.93. The predicted molar refractivity (Wildman–Crippen MR) is 132 cm³/mol. The number of carbonyl (C=O) groups excluding carboxylic acids is 2. The van der Waals surface area contributed by atoms with Crippen molar-refractivity contribution in [2.24, 2.45) is 0 Å². The standard InChI is InChI=1S/C26H35FN4O4/c1-3-30(19-26(27)11-15-35-16-12-26)14-13-28-25(33)31(23-6-4-5-20(2)17-23)18-21-7-9-22(10-8-21)24(32)29-34/h4-10,17,34H,3,11-16,18-19H2,1-2H3,(H,28,33)(H,29,32).